The van der Waals surface area contributed by atoms with Crippen LogP contribution >= 0.6 is 0 Å². The maximum absolute atomic E-state index is 15.2. The highest BCUT2D eigenvalue weighted by Gasteiger charge is 2.41. The van der Waals surface area contributed by atoms with Gasteiger partial charge in [-0.15, -0.1) is 0 Å². The molecule has 0 unspecified atom stereocenters. The van der Waals surface area contributed by atoms with Gasteiger partial charge in [-0.3, -0.25) is 0 Å². The molecule has 0 bridgehead atoms. The second-order valence-corrected chi connectivity index (χ2v) is 10.8. The van der Waals surface area contributed by atoms with E-state index in [0.29, 0.717) is 23.8 Å². The molecule has 0 saturated heterocycles. The highest BCUT2D eigenvalue weighted by molar-refractivity contribution is 5.72. The first-order chi connectivity index (χ1) is 22.5. The monoisotopic (exact) mass is 656 g/mol. The van der Waals surface area contributed by atoms with E-state index in [9.17, 15) is 13.2 Å². The standard InChI is InChI=1S/C37H28F8O2/c1-2-3-4-5-22-6-8-23(9-7-22)24-10-13-29(30(39)16-24)26-18-33(42)36(34(43)19-26)37(44,45)47-27-12-14-28(31(40)20-27)25-11-15-35(46-21-38)32(41)17-25/h6-20H,2-5,21H2,1H3. The van der Waals surface area contributed by atoms with Crippen LogP contribution in [0, 0.1) is 29.1 Å². The van der Waals surface area contributed by atoms with E-state index in [0.717, 1.165) is 61.1 Å². The van der Waals surface area contributed by atoms with E-state index in [2.05, 4.69) is 16.4 Å². The van der Waals surface area contributed by atoms with Gasteiger partial charge in [0.15, 0.2) is 11.6 Å². The fourth-order valence-electron chi connectivity index (χ4n) is 5.22. The molecule has 5 aromatic carbocycles. The van der Waals surface area contributed by atoms with Crippen molar-refractivity contribution in [3.8, 4) is 44.9 Å². The second-order valence-electron chi connectivity index (χ2n) is 10.8. The predicted molar refractivity (Wildman–Crippen MR) is 163 cm³/mol. The van der Waals surface area contributed by atoms with E-state index < -0.39 is 59.1 Å². The highest BCUT2D eigenvalue weighted by atomic mass is 19.3. The molecule has 0 atom stereocenters. The van der Waals surface area contributed by atoms with Gasteiger partial charge in [0.2, 0.25) is 6.86 Å². The van der Waals surface area contributed by atoms with Crippen LogP contribution in [0.2, 0.25) is 0 Å². The molecule has 47 heavy (non-hydrogen) atoms. The minimum absolute atomic E-state index is 0.0202. The summed E-state index contributed by atoms with van der Waals surface area (Å²) in [5.41, 5.74) is -0.121. The number of aryl methyl sites for hydroxylation is 1. The molecule has 0 radical (unpaired) electrons. The zero-order chi connectivity index (χ0) is 33.7. The van der Waals surface area contributed by atoms with Crippen LogP contribution in [0.1, 0.15) is 37.3 Å². The minimum atomic E-state index is -4.61. The van der Waals surface area contributed by atoms with Crippen LogP contribution in [0.25, 0.3) is 33.4 Å². The first kappa shape index (κ1) is 33.5. The van der Waals surface area contributed by atoms with Gasteiger partial charge in [-0.05, 0) is 83.1 Å². The van der Waals surface area contributed by atoms with Crippen molar-refractivity contribution in [2.75, 3.05) is 6.86 Å². The molecule has 0 aliphatic carbocycles. The summed E-state index contributed by atoms with van der Waals surface area (Å²) in [7, 11) is 0. The quantitative estimate of drug-likeness (QED) is 0.0983. The third-order valence-electron chi connectivity index (χ3n) is 7.61. The Morgan fingerprint density at radius 1 is 0.574 bits per heavy atom. The van der Waals surface area contributed by atoms with Crippen LogP contribution < -0.4 is 9.47 Å². The number of hydrogen-bond acceptors (Lipinski definition) is 2. The fourth-order valence-corrected chi connectivity index (χ4v) is 5.22. The van der Waals surface area contributed by atoms with Crippen molar-refractivity contribution in [1.82, 2.24) is 0 Å². The summed E-state index contributed by atoms with van der Waals surface area (Å²) in [4.78, 5) is 0. The summed E-state index contributed by atoms with van der Waals surface area (Å²) in [5, 5.41) is 0. The molecular weight excluding hydrogens is 628 g/mol. The molecule has 0 spiro atoms. The van der Waals surface area contributed by atoms with Crippen molar-refractivity contribution in [3.05, 3.63) is 131 Å². The summed E-state index contributed by atoms with van der Waals surface area (Å²) < 4.78 is 126. The zero-order valence-corrected chi connectivity index (χ0v) is 25.0. The summed E-state index contributed by atoms with van der Waals surface area (Å²) in [6.07, 6.45) is -0.383. The van der Waals surface area contributed by atoms with Gasteiger partial charge < -0.3 is 9.47 Å². The van der Waals surface area contributed by atoms with E-state index >= 15 is 22.0 Å². The van der Waals surface area contributed by atoms with Crippen molar-refractivity contribution in [1.29, 1.82) is 0 Å². The lowest BCUT2D eigenvalue weighted by molar-refractivity contribution is -0.189. The molecule has 0 aromatic heterocycles. The average molecular weight is 657 g/mol. The normalized spacial score (nSPS) is 11.5. The first-order valence-electron chi connectivity index (χ1n) is 14.7. The minimum Gasteiger partial charge on any atom is -0.460 e. The molecule has 244 valence electrons. The van der Waals surface area contributed by atoms with Crippen LogP contribution in [0.15, 0.2) is 91.0 Å². The average Bonchev–Trinajstić information content (AvgIpc) is 3.02. The van der Waals surface area contributed by atoms with Crippen LogP contribution in [-0.2, 0) is 12.5 Å². The molecule has 0 fully saturated rings. The smallest absolute Gasteiger partial charge is 0.432 e. The molecule has 10 heteroatoms. The molecule has 5 aromatic rings. The van der Waals surface area contributed by atoms with Gasteiger partial charge in [-0.2, -0.15) is 8.78 Å². The van der Waals surface area contributed by atoms with Crippen LogP contribution in [0.3, 0.4) is 0 Å². The maximum Gasteiger partial charge on any atom is 0.432 e. The van der Waals surface area contributed by atoms with Crippen LogP contribution in [0.4, 0.5) is 35.1 Å². The predicted octanol–water partition coefficient (Wildman–Crippen LogP) is 11.5. The van der Waals surface area contributed by atoms with Gasteiger partial charge in [-0.1, -0.05) is 62.2 Å². The van der Waals surface area contributed by atoms with Crippen LogP contribution in [-0.4, -0.2) is 6.86 Å². The van der Waals surface area contributed by atoms with E-state index in [1.165, 1.54) is 18.2 Å². The number of alkyl halides is 3. The van der Waals surface area contributed by atoms with Crippen molar-refractivity contribution < 1.29 is 44.6 Å². The summed E-state index contributed by atoms with van der Waals surface area (Å²) in [6, 6.07) is 18.4. The van der Waals surface area contributed by atoms with E-state index in [1.54, 1.807) is 6.07 Å². The Balaban J connectivity index is 1.34. The lowest BCUT2D eigenvalue weighted by atomic mass is 9.97. The zero-order valence-electron chi connectivity index (χ0n) is 25.0. The molecule has 0 saturated carbocycles. The highest BCUT2D eigenvalue weighted by Crippen LogP contribution is 2.39. The Kier molecular flexibility index (Phi) is 10.2. The largest absolute Gasteiger partial charge is 0.460 e. The number of benzene rings is 5. The molecule has 0 aliphatic rings. The Morgan fingerprint density at radius 2 is 1.15 bits per heavy atom. The number of unbranched alkanes of at least 4 members (excludes halogenated alkanes) is 2. The van der Waals surface area contributed by atoms with Gasteiger partial charge in [0, 0.05) is 17.2 Å². The van der Waals surface area contributed by atoms with Gasteiger partial charge in [0.1, 0.15) is 34.6 Å². The van der Waals surface area contributed by atoms with Crippen molar-refractivity contribution in [2.45, 2.75) is 38.7 Å². The third-order valence-corrected chi connectivity index (χ3v) is 7.61. The molecule has 0 N–H and O–H groups in total. The van der Waals surface area contributed by atoms with E-state index in [4.69, 9.17) is 0 Å². The van der Waals surface area contributed by atoms with Gasteiger partial charge in [-0.25, -0.2) is 26.3 Å². The molecular formula is C37H28F8O2. The Labute approximate surface area is 266 Å². The topological polar surface area (TPSA) is 18.5 Å². The van der Waals surface area contributed by atoms with Gasteiger partial charge in [0.05, 0.1) is 0 Å². The number of halogens is 8. The number of ether oxygens (including phenoxy) is 2. The Bertz CT molecular complexity index is 1850. The second kappa shape index (κ2) is 14.3. The van der Waals surface area contributed by atoms with Crippen molar-refractivity contribution in [2.24, 2.45) is 0 Å². The van der Waals surface area contributed by atoms with Crippen molar-refractivity contribution in [3.63, 3.8) is 0 Å². The lowest BCUT2D eigenvalue weighted by Crippen LogP contribution is -2.25. The van der Waals surface area contributed by atoms with Gasteiger partial charge in [0.25, 0.3) is 0 Å². The summed E-state index contributed by atoms with van der Waals surface area (Å²) in [6.45, 7) is 0.838. The van der Waals surface area contributed by atoms with Crippen molar-refractivity contribution >= 4 is 0 Å². The molecule has 0 heterocycles. The summed E-state index contributed by atoms with van der Waals surface area (Å²) in [5.74, 6) is -7.54. The summed E-state index contributed by atoms with van der Waals surface area (Å²) >= 11 is 0. The molecule has 0 aliphatic heterocycles. The molecule has 2 nitrogen and oxygen atoms in total. The van der Waals surface area contributed by atoms with E-state index in [-0.39, 0.29) is 22.3 Å². The SMILES string of the molecule is CCCCCc1ccc(-c2ccc(-c3cc(F)c(C(F)(F)Oc4ccc(-c5ccc(OCF)c(F)c5)c(F)c4)c(F)c3)c(F)c2)cc1. The fraction of sp³-hybridized carbons (Fsp3) is 0.189. The third kappa shape index (κ3) is 7.59. The maximum atomic E-state index is 15.2. The molecule has 5 rings (SSSR count). The molecule has 0 amide bonds. The lowest BCUT2D eigenvalue weighted by Gasteiger charge is -2.20. The van der Waals surface area contributed by atoms with E-state index in [1.807, 2.05) is 24.3 Å². The Morgan fingerprint density at radius 3 is 1.77 bits per heavy atom. The van der Waals surface area contributed by atoms with Gasteiger partial charge >= 0.3 is 6.11 Å². The Hall–Kier alpha value is -4.86. The van der Waals surface area contributed by atoms with Crippen LogP contribution in [0.5, 0.6) is 11.5 Å². The first-order valence-corrected chi connectivity index (χ1v) is 14.7. The number of rotatable bonds is 12. The number of hydrogen-bond donors (Lipinski definition) is 0.